The number of imidazole rings is 1. The summed E-state index contributed by atoms with van der Waals surface area (Å²) in [4.78, 5) is 4.81. The van der Waals surface area contributed by atoms with Crippen LogP contribution in [0, 0.1) is 20.8 Å². The molecule has 0 aliphatic rings. The summed E-state index contributed by atoms with van der Waals surface area (Å²) < 4.78 is 14.3. The van der Waals surface area contributed by atoms with Gasteiger partial charge < -0.3 is 14.0 Å². The van der Waals surface area contributed by atoms with E-state index in [0.29, 0.717) is 13.2 Å². The molecule has 4 rings (SSSR count). The van der Waals surface area contributed by atoms with Crippen molar-refractivity contribution in [3.63, 3.8) is 0 Å². The Morgan fingerprint density at radius 1 is 0.867 bits per heavy atom. The summed E-state index contributed by atoms with van der Waals surface area (Å²) >= 11 is 0. The molecule has 0 spiro atoms. The van der Waals surface area contributed by atoms with Gasteiger partial charge in [-0.15, -0.1) is 0 Å². The Labute approximate surface area is 178 Å². The van der Waals surface area contributed by atoms with Crippen molar-refractivity contribution in [1.29, 1.82) is 0 Å². The van der Waals surface area contributed by atoms with Crippen LogP contribution in [-0.2, 0) is 13.2 Å². The fourth-order valence-electron chi connectivity index (χ4n) is 3.62. The molecule has 0 amide bonds. The highest BCUT2D eigenvalue weighted by Crippen LogP contribution is 2.22. The first-order valence-electron chi connectivity index (χ1n) is 10.4. The Bertz CT molecular complexity index is 1150. The van der Waals surface area contributed by atoms with Crippen molar-refractivity contribution >= 4 is 11.0 Å². The van der Waals surface area contributed by atoms with Gasteiger partial charge in [0.05, 0.1) is 17.6 Å². The molecule has 4 nitrogen and oxygen atoms in total. The zero-order chi connectivity index (χ0) is 20.9. The quantitative estimate of drug-likeness (QED) is 0.340. The summed E-state index contributed by atoms with van der Waals surface area (Å²) in [7, 11) is 0. The molecule has 0 bridgehead atoms. The van der Waals surface area contributed by atoms with E-state index in [4.69, 9.17) is 14.5 Å². The SMILES string of the molecule is Cc1cccc(OCc2nc3ccccc3n2CCCOc2cccc(C)c2C)c1. The van der Waals surface area contributed by atoms with Gasteiger partial charge in [0.25, 0.3) is 0 Å². The van der Waals surface area contributed by atoms with Crippen molar-refractivity contribution in [2.24, 2.45) is 0 Å². The summed E-state index contributed by atoms with van der Waals surface area (Å²) in [5, 5.41) is 0. The van der Waals surface area contributed by atoms with Crippen LogP contribution >= 0.6 is 0 Å². The largest absolute Gasteiger partial charge is 0.493 e. The molecule has 30 heavy (non-hydrogen) atoms. The summed E-state index contributed by atoms with van der Waals surface area (Å²) in [6.07, 6.45) is 0.894. The second kappa shape index (κ2) is 9.04. The third-order valence-corrected chi connectivity index (χ3v) is 5.43. The second-order valence-electron chi connectivity index (χ2n) is 7.67. The van der Waals surface area contributed by atoms with Gasteiger partial charge >= 0.3 is 0 Å². The highest BCUT2D eigenvalue weighted by atomic mass is 16.5. The monoisotopic (exact) mass is 400 g/mol. The molecule has 0 N–H and O–H groups in total. The number of aryl methyl sites for hydroxylation is 3. The molecule has 4 heteroatoms. The van der Waals surface area contributed by atoms with Gasteiger partial charge in [0.15, 0.2) is 0 Å². The highest BCUT2D eigenvalue weighted by molar-refractivity contribution is 5.75. The Morgan fingerprint density at radius 2 is 1.70 bits per heavy atom. The van der Waals surface area contributed by atoms with Gasteiger partial charge in [0.1, 0.15) is 23.9 Å². The van der Waals surface area contributed by atoms with Gasteiger partial charge in [-0.25, -0.2) is 4.98 Å². The molecule has 0 unspecified atom stereocenters. The van der Waals surface area contributed by atoms with E-state index in [-0.39, 0.29) is 0 Å². The number of fused-ring (bicyclic) bond motifs is 1. The Hall–Kier alpha value is -3.27. The van der Waals surface area contributed by atoms with Crippen LogP contribution < -0.4 is 9.47 Å². The molecule has 0 fully saturated rings. The number of para-hydroxylation sites is 2. The maximum absolute atomic E-state index is 6.05. The van der Waals surface area contributed by atoms with Crippen molar-refractivity contribution < 1.29 is 9.47 Å². The van der Waals surface area contributed by atoms with E-state index in [9.17, 15) is 0 Å². The molecule has 0 saturated carbocycles. The molecule has 1 heterocycles. The molecule has 0 radical (unpaired) electrons. The van der Waals surface area contributed by atoms with Gasteiger partial charge in [0.2, 0.25) is 0 Å². The molecule has 4 aromatic rings. The molecule has 0 aliphatic heterocycles. The summed E-state index contributed by atoms with van der Waals surface area (Å²) in [5.74, 6) is 2.77. The molecular weight excluding hydrogens is 372 g/mol. The molecule has 154 valence electrons. The zero-order valence-corrected chi connectivity index (χ0v) is 17.9. The van der Waals surface area contributed by atoms with E-state index >= 15 is 0 Å². The number of ether oxygens (including phenoxy) is 2. The molecule has 0 saturated heterocycles. The van der Waals surface area contributed by atoms with Crippen LogP contribution in [0.4, 0.5) is 0 Å². The normalized spacial score (nSPS) is 11.0. The van der Waals surface area contributed by atoms with Crippen molar-refractivity contribution in [2.45, 2.75) is 40.3 Å². The van der Waals surface area contributed by atoms with Gasteiger partial charge in [-0.1, -0.05) is 36.4 Å². The van der Waals surface area contributed by atoms with E-state index < -0.39 is 0 Å². The van der Waals surface area contributed by atoms with E-state index in [2.05, 4.69) is 55.7 Å². The predicted octanol–water partition coefficient (Wildman–Crippen LogP) is 6.01. The fourth-order valence-corrected chi connectivity index (χ4v) is 3.62. The van der Waals surface area contributed by atoms with Crippen LogP contribution in [0.2, 0.25) is 0 Å². The third-order valence-electron chi connectivity index (χ3n) is 5.43. The highest BCUT2D eigenvalue weighted by Gasteiger charge is 2.11. The van der Waals surface area contributed by atoms with Crippen LogP contribution in [-0.4, -0.2) is 16.2 Å². The first-order chi connectivity index (χ1) is 14.6. The number of rotatable bonds is 8. The average molecular weight is 401 g/mol. The van der Waals surface area contributed by atoms with Crippen LogP contribution in [0.15, 0.2) is 66.7 Å². The predicted molar refractivity (Wildman–Crippen MR) is 121 cm³/mol. The lowest BCUT2D eigenvalue weighted by Crippen LogP contribution is -2.10. The third kappa shape index (κ3) is 4.48. The standard InChI is InChI=1S/C26H28N2O2/c1-19-9-6-11-22(17-19)30-18-26-27-23-12-4-5-13-24(23)28(26)15-8-16-29-25-14-7-10-20(2)21(25)3/h4-7,9-14,17H,8,15-16,18H2,1-3H3. The van der Waals surface area contributed by atoms with Gasteiger partial charge in [-0.2, -0.15) is 0 Å². The number of hydrogen-bond acceptors (Lipinski definition) is 3. The second-order valence-corrected chi connectivity index (χ2v) is 7.67. The molecule has 3 aromatic carbocycles. The number of aromatic nitrogens is 2. The van der Waals surface area contributed by atoms with E-state index in [1.165, 1.54) is 16.7 Å². The van der Waals surface area contributed by atoms with E-state index in [0.717, 1.165) is 41.3 Å². The minimum absolute atomic E-state index is 0.440. The van der Waals surface area contributed by atoms with Gasteiger partial charge in [-0.05, 0) is 74.2 Å². The summed E-state index contributed by atoms with van der Waals surface area (Å²) in [6.45, 7) is 8.22. The molecule has 0 aliphatic carbocycles. The van der Waals surface area contributed by atoms with Gasteiger partial charge in [-0.3, -0.25) is 0 Å². The van der Waals surface area contributed by atoms with Crippen molar-refractivity contribution in [3.05, 3.63) is 89.2 Å². The number of nitrogens with zero attached hydrogens (tertiary/aromatic N) is 2. The maximum atomic E-state index is 6.05. The van der Waals surface area contributed by atoms with Crippen molar-refractivity contribution in [2.75, 3.05) is 6.61 Å². The molecule has 1 aromatic heterocycles. The van der Waals surface area contributed by atoms with E-state index in [1.54, 1.807) is 0 Å². The van der Waals surface area contributed by atoms with Gasteiger partial charge in [0, 0.05) is 6.54 Å². The average Bonchev–Trinajstić information content (AvgIpc) is 3.10. The fraction of sp³-hybridized carbons (Fsp3) is 0.269. The Morgan fingerprint density at radius 3 is 2.57 bits per heavy atom. The van der Waals surface area contributed by atoms with Crippen molar-refractivity contribution in [3.8, 4) is 11.5 Å². The Balaban J connectivity index is 1.45. The first-order valence-corrected chi connectivity index (χ1v) is 10.4. The molecule has 0 atom stereocenters. The lowest BCUT2D eigenvalue weighted by molar-refractivity contribution is 0.279. The first kappa shape index (κ1) is 20.0. The maximum Gasteiger partial charge on any atom is 0.147 e. The van der Waals surface area contributed by atoms with Crippen LogP contribution in [0.3, 0.4) is 0 Å². The smallest absolute Gasteiger partial charge is 0.147 e. The lowest BCUT2D eigenvalue weighted by atomic mass is 10.1. The minimum atomic E-state index is 0.440. The molecular formula is C26H28N2O2. The van der Waals surface area contributed by atoms with Crippen LogP contribution in [0.1, 0.15) is 28.9 Å². The van der Waals surface area contributed by atoms with Crippen LogP contribution in [0.25, 0.3) is 11.0 Å². The summed E-state index contributed by atoms with van der Waals surface area (Å²) in [5.41, 5.74) is 5.77. The van der Waals surface area contributed by atoms with Crippen molar-refractivity contribution in [1.82, 2.24) is 9.55 Å². The minimum Gasteiger partial charge on any atom is -0.493 e. The topological polar surface area (TPSA) is 36.3 Å². The summed E-state index contributed by atoms with van der Waals surface area (Å²) in [6, 6.07) is 22.5. The van der Waals surface area contributed by atoms with Crippen LogP contribution in [0.5, 0.6) is 11.5 Å². The Kier molecular flexibility index (Phi) is 6.03. The number of benzene rings is 3. The van der Waals surface area contributed by atoms with E-state index in [1.807, 2.05) is 36.4 Å². The number of hydrogen-bond donors (Lipinski definition) is 0. The zero-order valence-electron chi connectivity index (χ0n) is 17.9. The lowest BCUT2D eigenvalue weighted by Gasteiger charge is -2.13.